The summed E-state index contributed by atoms with van der Waals surface area (Å²) in [6, 6.07) is -5.30. The van der Waals surface area contributed by atoms with Gasteiger partial charge in [-0.15, -0.1) is 20.4 Å². The molecule has 674 valence electrons. The second-order valence-electron chi connectivity index (χ2n) is 28.5. The molecule has 21 atom stereocenters. The van der Waals surface area contributed by atoms with Gasteiger partial charge in [0, 0.05) is 91.0 Å². The number of carbonyl (C=O) groups excluding carboxylic acids is 5. The molecule has 4 saturated heterocycles. The quantitative estimate of drug-likeness (QED) is 0.0144. The molecule has 50 heteroatoms. The summed E-state index contributed by atoms with van der Waals surface area (Å²) < 4.78 is 75.5. The lowest BCUT2D eigenvalue weighted by Gasteiger charge is -2.42. The van der Waals surface area contributed by atoms with Crippen LogP contribution in [0.2, 0.25) is 0 Å². The van der Waals surface area contributed by atoms with Crippen LogP contribution in [0.15, 0.2) is 24.8 Å². The zero-order valence-corrected chi connectivity index (χ0v) is 68.7. The zero-order chi connectivity index (χ0) is 85.9. The molecule has 0 radical (unpaired) electrons. The summed E-state index contributed by atoms with van der Waals surface area (Å²) in [6.07, 6.45) is -11.0. The van der Waals surface area contributed by atoms with Crippen LogP contribution >= 0.6 is 21.6 Å². The maximum absolute atomic E-state index is 14.8. The van der Waals surface area contributed by atoms with E-state index in [4.69, 9.17) is 56.8 Å². The van der Waals surface area contributed by atoms with E-state index in [0.717, 1.165) is 0 Å². The van der Waals surface area contributed by atoms with Crippen LogP contribution in [0.1, 0.15) is 69.7 Å². The normalized spacial score (nSPS) is 27.5. The van der Waals surface area contributed by atoms with Gasteiger partial charge < -0.3 is 145 Å². The third-order valence-electron chi connectivity index (χ3n) is 19.3. The fraction of sp³-hybridized carbons (Fsp3) is 0.812. The number of nitrogens with one attached hydrogen (secondary N) is 5. The lowest BCUT2D eigenvalue weighted by molar-refractivity contribution is -0.272. The molecule has 4 aromatic heterocycles. The van der Waals surface area contributed by atoms with Crippen molar-refractivity contribution in [2.24, 2.45) is 0 Å². The molecule has 17 N–H and O–H groups in total. The van der Waals surface area contributed by atoms with E-state index in [1.54, 1.807) is 65.1 Å². The third-order valence-corrected chi connectivity index (χ3v) is 21.1. The second kappa shape index (κ2) is 51.6. The molecule has 0 bridgehead atoms. The first-order valence-electron chi connectivity index (χ1n) is 39.1. The van der Waals surface area contributed by atoms with Crippen LogP contribution in [-0.2, 0) is 133 Å². The predicted molar refractivity (Wildman–Crippen MR) is 409 cm³/mol. The molecule has 4 aromatic rings. The number of aromatic nitrogens is 12. The molecule has 0 aliphatic carbocycles. The molecule has 1 unspecified atom stereocenters. The average Bonchev–Trinajstić information content (AvgIpc) is 1.63. The smallest absolute Gasteiger partial charge is 0.237 e. The van der Waals surface area contributed by atoms with Crippen molar-refractivity contribution in [1.82, 2.24) is 96.4 Å². The number of amides is 5. The summed E-state index contributed by atoms with van der Waals surface area (Å²) >= 11 is 0. The van der Waals surface area contributed by atoms with Crippen LogP contribution in [0.5, 0.6) is 0 Å². The van der Waals surface area contributed by atoms with Gasteiger partial charge in [0.15, 0.2) is 25.2 Å². The molecule has 4 aliphatic heterocycles. The molecule has 4 aliphatic rings. The number of rotatable bonds is 55. The van der Waals surface area contributed by atoms with Gasteiger partial charge >= 0.3 is 0 Å². The molecule has 119 heavy (non-hydrogen) atoms. The largest absolute Gasteiger partial charge is 0.394 e. The molecule has 0 spiro atoms. The maximum Gasteiger partial charge on any atom is 0.237 e. The van der Waals surface area contributed by atoms with Gasteiger partial charge in [0.2, 0.25) is 29.5 Å². The van der Waals surface area contributed by atoms with Crippen molar-refractivity contribution in [3.8, 4) is 0 Å². The minimum atomic E-state index is -1.49. The van der Waals surface area contributed by atoms with Gasteiger partial charge in [0.25, 0.3) is 0 Å². The van der Waals surface area contributed by atoms with Crippen molar-refractivity contribution < 1.29 is 142 Å². The summed E-state index contributed by atoms with van der Waals surface area (Å²) in [6.45, 7) is 5.63. The number of hydrogen-bond acceptors (Lipinski definition) is 41. The topological polar surface area (TPSA) is 628 Å². The van der Waals surface area contributed by atoms with Crippen LogP contribution in [0.4, 0.5) is 0 Å². The minimum absolute atomic E-state index is 0.0332. The van der Waals surface area contributed by atoms with E-state index in [0.29, 0.717) is 60.9 Å². The highest BCUT2D eigenvalue weighted by molar-refractivity contribution is 8.76. The molecular formula is C69H117N19O29S2. The first kappa shape index (κ1) is 98.0. The second-order valence-corrected chi connectivity index (χ2v) is 31.1. The van der Waals surface area contributed by atoms with Gasteiger partial charge in [0.05, 0.1) is 161 Å². The molecular weight excluding hydrogens is 1620 g/mol. The van der Waals surface area contributed by atoms with Crippen molar-refractivity contribution in [3.05, 3.63) is 47.6 Å². The Balaban J connectivity index is 0.936. The third kappa shape index (κ3) is 31.4. The van der Waals surface area contributed by atoms with Crippen LogP contribution in [0.25, 0.3) is 0 Å². The molecule has 48 nitrogen and oxygen atoms in total. The number of ether oxygens (including phenoxy) is 12. The fourth-order valence-electron chi connectivity index (χ4n) is 13.4. The van der Waals surface area contributed by atoms with Crippen LogP contribution in [0, 0.1) is 0 Å². The number of aliphatic hydroxyl groups excluding tert-OH is 12. The highest BCUT2D eigenvalue weighted by atomic mass is 33.1. The highest BCUT2D eigenvalue weighted by Crippen LogP contribution is 2.28. The fourth-order valence-corrected chi connectivity index (χ4v) is 14.5. The first-order valence-corrected chi connectivity index (χ1v) is 41.9. The maximum atomic E-state index is 14.8. The summed E-state index contributed by atoms with van der Waals surface area (Å²) in [5, 5.41) is 172. The van der Waals surface area contributed by atoms with Gasteiger partial charge in [-0.3, -0.25) is 33.8 Å². The molecule has 0 saturated carbocycles. The van der Waals surface area contributed by atoms with Crippen molar-refractivity contribution >= 4 is 51.1 Å². The van der Waals surface area contributed by atoms with E-state index in [-0.39, 0.29) is 138 Å². The number of hydrogen-bond donors (Lipinski definition) is 17. The van der Waals surface area contributed by atoms with Gasteiger partial charge in [-0.05, 0) is 25.6 Å². The van der Waals surface area contributed by atoms with Crippen molar-refractivity contribution in [1.29, 1.82) is 0 Å². The number of nitrogens with zero attached hydrogens (tertiary/aromatic N) is 14. The Bertz CT molecular complexity index is 3400. The summed E-state index contributed by atoms with van der Waals surface area (Å²) in [7, 11) is 3.15. The number of unbranched alkanes of at least 4 members (excludes halogenated alkanes) is 1. The Morgan fingerprint density at radius 3 is 1.00 bits per heavy atom. The molecule has 4 fully saturated rings. The zero-order valence-electron chi connectivity index (χ0n) is 67.0. The van der Waals surface area contributed by atoms with E-state index in [2.05, 4.69) is 72.7 Å². The van der Waals surface area contributed by atoms with Crippen LogP contribution in [-0.4, -0.2) is 420 Å². The molecule has 0 aromatic carbocycles. The Labute approximate surface area is 693 Å². The minimum Gasteiger partial charge on any atom is -0.394 e. The molecule has 8 heterocycles. The summed E-state index contributed by atoms with van der Waals surface area (Å²) in [4.78, 5) is 66.7. The summed E-state index contributed by atoms with van der Waals surface area (Å²) in [5.41, 5.74) is 2.17. The van der Waals surface area contributed by atoms with Crippen molar-refractivity contribution in [2.45, 2.75) is 228 Å². The first-order chi connectivity index (χ1) is 57.3. The van der Waals surface area contributed by atoms with Gasteiger partial charge in [-0.1, -0.05) is 48.9 Å². The van der Waals surface area contributed by atoms with Crippen molar-refractivity contribution in [2.75, 3.05) is 131 Å². The van der Waals surface area contributed by atoms with E-state index in [1.165, 1.54) is 27.7 Å². The highest BCUT2D eigenvalue weighted by Gasteiger charge is 2.49. The lowest BCUT2D eigenvalue weighted by atomic mass is 9.97. The van der Waals surface area contributed by atoms with Crippen LogP contribution < -0.4 is 26.6 Å². The SMILES string of the molecule is CSSCCNC(=O)C(CCCCN(Cc1cn(CCOCCO[C@@H]2O[C@H](CO)[C@H](O)[C@H](O)[C@H]2NC(C)=O)nn1)Cc1cn(CCOCCO[C@@H]2O[C@H](CO)[C@H](O)[C@H](O)[C@H]2NC(C)=O)nn1)N(Cc1cn(CCOCCO[C@@H]2O[C@H](CO)[C@H](O)[C@H](O)[C@H]2NC(C)=O)nn1)Cc1cn(CCOCCO[C@@H]2O[C@H](CO)[C@H](O)[C@H](O)[C@H]2NC(C)=O)nn1. The van der Waals surface area contributed by atoms with Crippen LogP contribution in [0.3, 0.4) is 0 Å². The monoisotopic (exact) mass is 1740 g/mol. The van der Waals surface area contributed by atoms with E-state index in [9.17, 15) is 85.3 Å². The number of carbonyl (C=O) groups is 5. The number of aliphatic hydroxyl groups is 12. The average molecular weight is 1740 g/mol. The van der Waals surface area contributed by atoms with E-state index in [1.807, 2.05) is 11.2 Å². The van der Waals surface area contributed by atoms with E-state index >= 15 is 0 Å². The van der Waals surface area contributed by atoms with E-state index < -0.39 is 179 Å². The Kier molecular flexibility index (Phi) is 42.5. The summed E-state index contributed by atoms with van der Waals surface area (Å²) in [5.74, 6) is -1.65. The van der Waals surface area contributed by atoms with Crippen molar-refractivity contribution in [3.63, 3.8) is 0 Å². The Morgan fingerprint density at radius 1 is 0.429 bits per heavy atom. The Hall–Kier alpha value is -6.43. The van der Waals surface area contributed by atoms with Gasteiger partial charge in [-0.2, -0.15) is 0 Å². The standard InChI is InChI=1S/C69H117N19O29S2/c1-40(93)71-53-61(101)57(97)49(36-89)114-66(53)110-23-19-106-15-11-85-32-44(75-79-85)28-83(29-45-33-86(80-76-45)12-16-107-20-24-111-67-54(72-41(2)94)62(102)58(98)50(37-90)115-67)10-7-6-8-48(65(105)70-9-27-119-118-5)84(30-46-34-87(81-77-46)13-17-108-21-25-112-68-55(73-42(3)95)63(103)59(99)51(38-91)116-68)31-47-35-88(82-78-47)14-18-109-22-26-113-69-56(74-43(4)96)64(104)60(100)52(39-92)117-69/h32-35,48-64,66-69,89-92,97-104H,6-31,36-39H2,1-5H3,(H,70,105)(H,71,93)(H,72,94)(H,73,95)(H,74,96)/t48?,49-,50-,51-,52-,53-,54-,55-,56-,57+,58+,59+,60+,61-,62-,63-,64-,66-,67-,68-,69-/m1/s1. The molecule has 5 amide bonds. The van der Waals surface area contributed by atoms with Gasteiger partial charge in [-0.25, -0.2) is 18.7 Å². The predicted octanol–water partition coefficient (Wildman–Crippen LogP) is -9.67. The molecule has 8 rings (SSSR count). The lowest BCUT2D eigenvalue weighted by Crippen LogP contribution is -2.64. The Morgan fingerprint density at radius 2 is 0.723 bits per heavy atom. The van der Waals surface area contributed by atoms with Gasteiger partial charge in [0.1, 0.15) is 97.4 Å².